The van der Waals surface area contributed by atoms with Crippen molar-refractivity contribution in [2.24, 2.45) is 0 Å². The average molecular weight is 160 g/mol. The van der Waals surface area contributed by atoms with E-state index in [1.54, 1.807) is 6.92 Å². The van der Waals surface area contributed by atoms with E-state index in [-0.39, 0.29) is 6.42 Å². The van der Waals surface area contributed by atoms with Crippen LogP contribution < -0.4 is 0 Å². The van der Waals surface area contributed by atoms with Crippen LogP contribution in [0, 0.1) is 0 Å². The number of carbonyl (C=O) groups excluding carboxylic acids is 1. The van der Waals surface area contributed by atoms with Gasteiger partial charge in [0, 0.05) is 0 Å². The zero-order valence-electron chi connectivity index (χ0n) is 5.50. The molecule has 0 amide bonds. The molecular weight excluding hydrogens is 152 g/mol. The van der Waals surface area contributed by atoms with Crippen molar-refractivity contribution < 1.29 is 14.7 Å². The number of carboxylic acids is 1. The molecule has 0 aliphatic rings. The Kier molecular flexibility index (Phi) is 3.79. The maximum Gasteiger partial charge on any atom is 0.307 e. The molecule has 56 valence electrons. The molecule has 0 atom stereocenters. The van der Waals surface area contributed by atoms with Gasteiger partial charge in [0.15, 0.2) is 0 Å². The van der Waals surface area contributed by atoms with Crippen LogP contribution in [0.25, 0.3) is 0 Å². The van der Waals surface area contributed by atoms with Crippen molar-refractivity contribution in [2.45, 2.75) is 13.3 Å². The van der Waals surface area contributed by atoms with Crippen LogP contribution in [0.1, 0.15) is 13.3 Å². The van der Waals surface area contributed by atoms with Gasteiger partial charge in [-0.05, 0) is 13.0 Å². The van der Waals surface area contributed by atoms with Crippen LogP contribution >= 0.6 is 12.6 Å². The van der Waals surface area contributed by atoms with Crippen molar-refractivity contribution in [1.82, 2.24) is 0 Å². The molecule has 0 unspecified atom stereocenters. The lowest BCUT2D eigenvalue weighted by atomic mass is 10.2. The SMILES string of the molecule is C/C(=C\C(=O)S)CC(=O)O. The largest absolute Gasteiger partial charge is 0.481 e. The summed E-state index contributed by atoms with van der Waals surface area (Å²) in [5, 5.41) is 7.80. The Bertz CT molecular complexity index is 183. The van der Waals surface area contributed by atoms with Crippen LogP contribution in [0.3, 0.4) is 0 Å². The van der Waals surface area contributed by atoms with E-state index in [2.05, 4.69) is 12.6 Å². The number of carboxylic acid groups (broad SMARTS) is 1. The Labute approximate surface area is 64.1 Å². The van der Waals surface area contributed by atoms with Crippen molar-refractivity contribution in [3.05, 3.63) is 11.6 Å². The Hall–Kier alpha value is -0.770. The molecule has 0 aliphatic carbocycles. The molecule has 4 heteroatoms. The highest BCUT2D eigenvalue weighted by Crippen LogP contribution is 1.99. The standard InChI is InChI=1S/C6H8O3S/c1-4(2-5(7)8)3-6(9)10/h3H,2H2,1H3,(H,7,8)(H,9,10)/b4-3+. The van der Waals surface area contributed by atoms with Crippen LogP contribution in [-0.2, 0) is 9.59 Å². The third-order valence-corrected chi connectivity index (χ3v) is 0.929. The van der Waals surface area contributed by atoms with Gasteiger partial charge in [0.25, 0.3) is 0 Å². The number of thiol groups is 1. The topological polar surface area (TPSA) is 54.4 Å². The first kappa shape index (κ1) is 9.23. The number of carbonyl (C=O) groups is 2. The third kappa shape index (κ3) is 5.37. The monoisotopic (exact) mass is 160 g/mol. The summed E-state index contributed by atoms with van der Waals surface area (Å²) in [5.74, 6) is -0.941. The molecule has 0 saturated carbocycles. The minimum Gasteiger partial charge on any atom is -0.481 e. The van der Waals surface area contributed by atoms with Gasteiger partial charge in [-0.1, -0.05) is 5.57 Å². The van der Waals surface area contributed by atoms with Crippen LogP contribution in [0.2, 0.25) is 0 Å². The molecule has 10 heavy (non-hydrogen) atoms. The summed E-state index contributed by atoms with van der Waals surface area (Å²) in [5.41, 5.74) is 0.507. The maximum atomic E-state index is 10.2. The summed E-state index contributed by atoms with van der Waals surface area (Å²) in [6.07, 6.45) is 1.09. The first-order valence-electron chi connectivity index (χ1n) is 2.64. The molecule has 0 bridgehead atoms. The quantitative estimate of drug-likeness (QED) is 0.475. The van der Waals surface area contributed by atoms with Crippen molar-refractivity contribution in [2.75, 3.05) is 0 Å². The van der Waals surface area contributed by atoms with Crippen molar-refractivity contribution in [1.29, 1.82) is 0 Å². The lowest BCUT2D eigenvalue weighted by Crippen LogP contribution is -1.95. The predicted molar refractivity (Wildman–Crippen MR) is 40.0 cm³/mol. The molecule has 0 saturated heterocycles. The molecule has 0 aliphatic heterocycles. The van der Waals surface area contributed by atoms with E-state index in [0.717, 1.165) is 0 Å². The molecule has 0 rings (SSSR count). The van der Waals surface area contributed by atoms with Gasteiger partial charge in [0.1, 0.15) is 0 Å². The Balaban J connectivity index is 3.95. The van der Waals surface area contributed by atoms with E-state index in [1.165, 1.54) is 6.08 Å². The second-order valence-corrected chi connectivity index (χ2v) is 2.34. The van der Waals surface area contributed by atoms with E-state index in [1.807, 2.05) is 0 Å². The third-order valence-electron chi connectivity index (χ3n) is 0.800. The van der Waals surface area contributed by atoms with Crippen LogP contribution in [0.4, 0.5) is 0 Å². The summed E-state index contributed by atoms with van der Waals surface area (Å²) in [4.78, 5) is 20.2. The number of hydrogen-bond donors (Lipinski definition) is 2. The van der Waals surface area contributed by atoms with Crippen molar-refractivity contribution >= 4 is 23.7 Å². The number of hydrogen-bond acceptors (Lipinski definition) is 2. The van der Waals surface area contributed by atoms with Gasteiger partial charge in [-0.2, -0.15) is 0 Å². The molecule has 0 radical (unpaired) electrons. The van der Waals surface area contributed by atoms with Crippen molar-refractivity contribution in [3.63, 3.8) is 0 Å². The number of rotatable bonds is 3. The molecule has 0 spiro atoms. The van der Waals surface area contributed by atoms with E-state index in [4.69, 9.17) is 5.11 Å². The van der Waals surface area contributed by atoms with Gasteiger partial charge in [-0.3, -0.25) is 9.59 Å². The minimum absolute atomic E-state index is 0.105. The fraction of sp³-hybridized carbons (Fsp3) is 0.333. The second kappa shape index (κ2) is 4.11. The molecule has 1 N–H and O–H groups in total. The highest BCUT2D eigenvalue weighted by atomic mass is 32.1. The zero-order valence-corrected chi connectivity index (χ0v) is 6.39. The van der Waals surface area contributed by atoms with Gasteiger partial charge >= 0.3 is 5.97 Å². The first-order chi connectivity index (χ1) is 4.52. The molecule has 3 nitrogen and oxygen atoms in total. The fourth-order valence-corrected chi connectivity index (χ4v) is 0.721. The second-order valence-electron chi connectivity index (χ2n) is 1.90. The number of aliphatic carboxylic acids is 1. The average Bonchev–Trinajstić information content (AvgIpc) is 1.58. The van der Waals surface area contributed by atoms with Gasteiger partial charge in [0.05, 0.1) is 6.42 Å². The molecule has 0 fully saturated rings. The normalized spacial score (nSPS) is 11.2. The zero-order chi connectivity index (χ0) is 8.15. The lowest BCUT2D eigenvalue weighted by molar-refractivity contribution is -0.136. The summed E-state index contributed by atoms with van der Waals surface area (Å²) < 4.78 is 0. The molecular formula is C6H8O3S. The van der Waals surface area contributed by atoms with Crippen molar-refractivity contribution in [3.8, 4) is 0 Å². The van der Waals surface area contributed by atoms with Crippen LogP contribution in [-0.4, -0.2) is 16.2 Å². The minimum atomic E-state index is -0.941. The van der Waals surface area contributed by atoms with E-state index in [9.17, 15) is 9.59 Å². The summed E-state index contributed by atoms with van der Waals surface area (Å²) >= 11 is 3.45. The van der Waals surface area contributed by atoms with E-state index in [0.29, 0.717) is 5.57 Å². The van der Waals surface area contributed by atoms with Crippen LogP contribution in [0.5, 0.6) is 0 Å². The summed E-state index contributed by atoms with van der Waals surface area (Å²) in [6.45, 7) is 1.57. The highest BCUT2D eigenvalue weighted by Gasteiger charge is 1.98. The van der Waals surface area contributed by atoms with E-state index < -0.39 is 11.1 Å². The molecule has 0 heterocycles. The molecule has 0 aromatic rings. The smallest absolute Gasteiger partial charge is 0.307 e. The van der Waals surface area contributed by atoms with Gasteiger partial charge in [-0.25, -0.2) is 0 Å². The Morgan fingerprint density at radius 3 is 2.40 bits per heavy atom. The predicted octanol–water partition coefficient (Wildman–Crippen LogP) is 0.864. The highest BCUT2D eigenvalue weighted by molar-refractivity contribution is 7.97. The van der Waals surface area contributed by atoms with Gasteiger partial charge < -0.3 is 5.11 Å². The maximum absolute atomic E-state index is 10.2. The van der Waals surface area contributed by atoms with E-state index >= 15 is 0 Å². The van der Waals surface area contributed by atoms with Gasteiger partial charge in [-0.15, -0.1) is 12.6 Å². The Morgan fingerprint density at radius 1 is 1.60 bits per heavy atom. The fourth-order valence-electron chi connectivity index (χ4n) is 0.500. The molecule has 0 aromatic carbocycles. The summed E-state index contributed by atoms with van der Waals surface area (Å²) in [7, 11) is 0. The summed E-state index contributed by atoms with van der Waals surface area (Å²) in [6, 6.07) is 0. The Morgan fingerprint density at radius 2 is 2.10 bits per heavy atom. The van der Waals surface area contributed by atoms with Gasteiger partial charge in [0.2, 0.25) is 5.12 Å². The molecule has 0 aromatic heterocycles. The lowest BCUT2D eigenvalue weighted by Gasteiger charge is -1.91. The van der Waals surface area contributed by atoms with Crippen LogP contribution in [0.15, 0.2) is 11.6 Å². The first-order valence-corrected chi connectivity index (χ1v) is 3.09.